The Kier molecular flexibility index (Phi) is 7.28. The lowest BCUT2D eigenvalue weighted by Crippen LogP contribution is -2.50. The van der Waals surface area contributed by atoms with Crippen molar-refractivity contribution in [2.24, 2.45) is 0 Å². The zero-order valence-corrected chi connectivity index (χ0v) is 19.2. The summed E-state index contributed by atoms with van der Waals surface area (Å²) < 4.78 is 27.3. The minimum absolute atomic E-state index is 0.0561. The lowest BCUT2D eigenvalue weighted by molar-refractivity contribution is -0.132. The number of Topliss-reactive ketones (excluding diaryl/α,β-unsaturated/α-hetero) is 1. The van der Waals surface area contributed by atoms with Gasteiger partial charge in [-0.3, -0.25) is 9.59 Å². The van der Waals surface area contributed by atoms with Gasteiger partial charge in [-0.25, -0.2) is 8.42 Å². The summed E-state index contributed by atoms with van der Waals surface area (Å²) in [4.78, 5) is 26.7. The molecule has 1 amide bonds. The van der Waals surface area contributed by atoms with E-state index in [2.05, 4.69) is 13.8 Å². The molecule has 3 rings (SSSR count). The second-order valence-electron chi connectivity index (χ2n) is 8.30. The van der Waals surface area contributed by atoms with E-state index in [-0.39, 0.29) is 42.5 Å². The molecule has 0 aromatic heterocycles. The summed E-state index contributed by atoms with van der Waals surface area (Å²) in [6.45, 7) is 7.26. The minimum atomic E-state index is -3.58. The van der Waals surface area contributed by atoms with Crippen LogP contribution in [0.5, 0.6) is 0 Å². The van der Waals surface area contributed by atoms with Crippen molar-refractivity contribution >= 4 is 21.7 Å². The van der Waals surface area contributed by atoms with Crippen LogP contribution >= 0.6 is 0 Å². The summed E-state index contributed by atoms with van der Waals surface area (Å²) in [5.41, 5.74) is 2.78. The predicted molar refractivity (Wildman–Crippen MR) is 121 cm³/mol. The van der Waals surface area contributed by atoms with Crippen molar-refractivity contribution in [2.45, 2.75) is 44.4 Å². The minimum Gasteiger partial charge on any atom is -0.340 e. The molecule has 0 radical (unpaired) electrons. The molecule has 0 bridgehead atoms. The lowest BCUT2D eigenvalue weighted by atomic mass is 10.0. The van der Waals surface area contributed by atoms with Gasteiger partial charge in [-0.1, -0.05) is 55.8 Å². The van der Waals surface area contributed by atoms with E-state index in [4.69, 9.17) is 0 Å². The fourth-order valence-electron chi connectivity index (χ4n) is 3.61. The van der Waals surface area contributed by atoms with Gasteiger partial charge in [0.05, 0.1) is 4.90 Å². The fraction of sp³-hybridized carbons (Fsp3) is 0.417. The highest BCUT2D eigenvalue weighted by Crippen LogP contribution is 2.21. The van der Waals surface area contributed by atoms with Crippen molar-refractivity contribution in [2.75, 3.05) is 26.2 Å². The lowest BCUT2D eigenvalue weighted by Gasteiger charge is -2.34. The van der Waals surface area contributed by atoms with Gasteiger partial charge in [-0.05, 0) is 30.5 Å². The second kappa shape index (κ2) is 9.75. The fourth-order valence-corrected chi connectivity index (χ4v) is 5.04. The molecule has 1 saturated heterocycles. The molecule has 0 atom stereocenters. The van der Waals surface area contributed by atoms with Crippen LogP contribution in [0.4, 0.5) is 0 Å². The molecular formula is C24H30N2O4S. The Morgan fingerprint density at radius 1 is 0.871 bits per heavy atom. The topological polar surface area (TPSA) is 74.8 Å². The second-order valence-corrected chi connectivity index (χ2v) is 10.2. The molecule has 0 unspecified atom stereocenters. The normalized spacial score (nSPS) is 15.3. The largest absolute Gasteiger partial charge is 0.340 e. The smallest absolute Gasteiger partial charge is 0.243 e. The van der Waals surface area contributed by atoms with E-state index in [0.717, 1.165) is 11.1 Å². The molecule has 6 nitrogen and oxygen atoms in total. The van der Waals surface area contributed by atoms with E-state index >= 15 is 0 Å². The average Bonchev–Trinajstić information content (AvgIpc) is 2.77. The SMILES string of the molecule is Cc1ccc(C(=O)CCC(=O)N2CCN(S(=O)(=O)c3ccc(C(C)C)cc3)CC2)cc1. The molecule has 0 aliphatic carbocycles. The van der Waals surface area contributed by atoms with Crippen LogP contribution < -0.4 is 0 Å². The number of nitrogens with zero attached hydrogens (tertiary/aromatic N) is 2. The van der Waals surface area contributed by atoms with Crippen molar-refractivity contribution in [3.8, 4) is 0 Å². The first-order valence-electron chi connectivity index (χ1n) is 10.7. The number of aryl methyl sites for hydroxylation is 1. The van der Waals surface area contributed by atoms with Crippen LogP contribution in [0, 0.1) is 6.92 Å². The summed E-state index contributed by atoms with van der Waals surface area (Å²) in [6, 6.07) is 14.3. The van der Waals surface area contributed by atoms with Gasteiger partial charge >= 0.3 is 0 Å². The van der Waals surface area contributed by atoms with E-state index in [1.54, 1.807) is 29.2 Å². The zero-order valence-electron chi connectivity index (χ0n) is 18.4. The van der Waals surface area contributed by atoms with Crippen LogP contribution in [-0.2, 0) is 14.8 Å². The number of ketones is 1. The third-order valence-corrected chi connectivity index (χ3v) is 7.63. The molecule has 7 heteroatoms. The van der Waals surface area contributed by atoms with Gasteiger partial charge in [0.1, 0.15) is 0 Å². The van der Waals surface area contributed by atoms with E-state index in [0.29, 0.717) is 24.6 Å². The maximum Gasteiger partial charge on any atom is 0.243 e. The molecule has 0 N–H and O–H groups in total. The van der Waals surface area contributed by atoms with E-state index < -0.39 is 10.0 Å². The van der Waals surface area contributed by atoms with Gasteiger partial charge < -0.3 is 4.90 Å². The van der Waals surface area contributed by atoms with Crippen LogP contribution in [0.1, 0.15) is 54.1 Å². The van der Waals surface area contributed by atoms with E-state index in [1.807, 2.05) is 31.2 Å². The number of piperazine rings is 1. The number of hydrogen-bond acceptors (Lipinski definition) is 4. The number of hydrogen-bond donors (Lipinski definition) is 0. The molecular weight excluding hydrogens is 412 g/mol. The van der Waals surface area contributed by atoms with E-state index in [1.165, 1.54) is 4.31 Å². The van der Waals surface area contributed by atoms with Gasteiger partial charge in [0.2, 0.25) is 15.9 Å². The average molecular weight is 443 g/mol. The number of amides is 1. The van der Waals surface area contributed by atoms with Crippen molar-refractivity contribution in [3.63, 3.8) is 0 Å². The summed E-state index contributed by atoms with van der Waals surface area (Å²) in [5.74, 6) is 0.169. The maximum atomic E-state index is 12.9. The van der Waals surface area contributed by atoms with Gasteiger partial charge in [0, 0.05) is 44.6 Å². The molecule has 166 valence electrons. The summed E-state index contributed by atoms with van der Waals surface area (Å²) in [6.07, 6.45) is 0.290. The highest BCUT2D eigenvalue weighted by molar-refractivity contribution is 7.89. The molecule has 0 spiro atoms. The summed E-state index contributed by atoms with van der Waals surface area (Å²) >= 11 is 0. The maximum absolute atomic E-state index is 12.9. The molecule has 0 saturated carbocycles. The number of carbonyl (C=O) groups excluding carboxylic acids is 2. The number of carbonyl (C=O) groups is 2. The highest BCUT2D eigenvalue weighted by atomic mass is 32.2. The van der Waals surface area contributed by atoms with Crippen LogP contribution in [0.2, 0.25) is 0 Å². The number of sulfonamides is 1. The molecule has 2 aromatic rings. The van der Waals surface area contributed by atoms with Crippen LogP contribution in [0.25, 0.3) is 0 Å². The molecule has 1 heterocycles. The first-order valence-corrected chi connectivity index (χ1v) is 12.1. The van der Waals surface area contributed by atoms with Crippen molar-refractivity contribution in [1.29, 1.82) is 0 Å². The predicted octanol–water partition coefficient (Wildman–Crippen LogP) is 3.61. The number of benzene rings is 2. The van der Waals surface area contributed by atoms with Gasteiger partial charge in [0.15, 0.2) is 5.78 Å². The number of rotatable bonds is 7. The quantitative estimate of drug-likeness (QED) is 0.614. The van der Waals surface area contributed by atoms with Crippen LogP contribution in [0.15, 0.2) is 53.4 Å². The Bertz CT molecular complexity index is 1020. The molecule has 1 aliphatic heterocycles. The van der Waals surface area contributed by atoms with Crippen molar-refractivity contribution in [1.82, 2.24) is 9.21 Å². The summed E-state index contributed by atoms with van der Waals surface area (Å²) in [5, 5.41) is 0. The van der Waals surface area contributed by atoms with Crippen LogP contribution in [-0.4, -0.2) is 55.5 Å². The molecule has 2 aromatic carbocycles. The Morgan fingerprint density at radius 2 is 1.45 bits per heavy atom. The Hall–Kier alpha value is -2.51. The highest BCUT2D eigenvalue weighted by Gasteiger charge is 2.30. The van der Waals surface area contributed by atoms with Crippen molar-refractivity contribution in [3.05, 3.63) is 65.2 Å². The van der Waals surface area contributed by atoms with Crippen molar-refractivity contribution < 1.29 is 18.0 Å². The Balaban J connectivity index is 1.52. The first kappa shape index (κ1) is 23.2. The first-order chi connectivity index (χ1) is 14.7. The standard InChI is InChI=1S/C24H30N2O4S/c1-18(2)20-8-10-22(11-9-20)31(29,30)26-16-14-25(15-17-26)24(28)13-12-23(27)21-6-4-19(3)5-7-21/h4-11,18H,12-17H2,1-3H3. The summed E-state index contributed by atoms with van der Waals surface area (Å²) in [7, 11) is -3.58. The third kappa shape index (κ3) is 5.60. The van der Waals surface area contributed by atoms with Gasteiger partial charge in [-0.15, -0.1) is 0 Å². The van der Waals surface area contributed by atoms with E-state index in [9.17, 15) is 18.0 Å². The molecule has 1 aliphatic rings. The Morgan fingerprint density at radius 3 is 2.00 bits per heavy atom. The van der Waals surface area contributed by atoms with Crippen LogP contribution in [0.3, 0.4) is 0 Å². The third-order valence-electron chi connectivity index (χ3n) is 5.72. The molecule has 1 fully saturated rings. The Labute approximate surface area is 184 Å². The van der Waals surface area contributed by atoms with Gasteiger partial charge in [-0.2, -0.15) is 4.31 Å². The molecule has 31 heavy (non-hydrogen) atoms. The monoisotopic (exact) mass is 442 g/mol. The zero-order chi connectivity index (χ0) is 22.6. The van der Waals surface area contributed by atoms with Gasteiger partial charge in [0.25, 0.3) is 0 Å².